The standard InChI is InChI=1S/C24H21F6N7OS/c1-4-39(38)22-18(35-19(37(22)3)13(10-31)11-32-16-7-5-15(25)6-8-16)21-34-17-9-14(12-33-20(17)36(21)2)23(26,27)24(28,29)30/h5-12H,4,31H2,1-3H3. The molecule has 0 aliphatic rings. The molecule has 15 heteroatoms. The first-order chi connectivity index (χ1) is 18.3. The average Bonchev–Trinajstić information content (AvgIpc) is 3.40. The Labute approximate surface area is 220 Å². The lowest BCUT2D eigenvalue weighted by Gasteiger charge is -2.19. The van der Waals surface area contributed by atoms with Crippen molar-refractivity contribution in [3.63, 3.8) is 0 Å². The molecule has 39 heavy (non-hydrogen) atoms. The smallest absolute Gasteiger partial charge is 0.404 e. The summed E-state index contributed by atoms with van der Waals surface area (Å²) in [5.74, 6) is -5.13. The van der Waals surface area contributed by atoms with Crippen LogP contribution < -0.4 is 5.73 Å². The van der Waals surface area contributed by atoms with Crippen LogP contribution in [0.2, 0.25) is 0 Å². The molecule has 0 amide bonds. The molecule has 3 aromatic heterocycles. The second-order valence-electron chi connectivity index (χ2n) is 8.27. The van der Waals surface area contributed by atoms with Crippen molar-refractivity contribution >= 4 is 39.4 Å². The van der Waals surface area contributed by atoms with Crippen LogP contribution in [-0.4, -0.2) is 46.4 Å². The Balaban J connectivity index is 1.85. The lowest BCUT2D eigenvalue weighted by atomic mass is 10.1. The molecule has 0 saturated heterocycles. The number of hydrogen-bond donors (Lipinski definition) is 1. The van der Waals surface area contributed by atoms with Gasteiger partial charge in [0, 0.05) is 38.5 Å². The summed E-state index contributed by atoms with van der Waals surface area (Å²) in [5, 5.41) is 0.210. The van der Waals surface area contributed by atoms with E-state index in [1.165, 1.54) is 52.9 Å². The van der Waals surface area contributed by atoms with Crippen LogP contribution in [0.3, 0.4) is 0 Å². The molecule has 8 nitrogen and oxygen atoms in total. The molecule has 0 saturated carbocycles. The first-order valence-electron chi connectivity index (χ1n) is 11.2. The third-order valence-electron chi connectivity index (χ3n) is 5.78. The van der Waals surface area contributed by atoms with Crippen molar-refractivity contribution in [1.29, 1.82) is 0 Å². The number of pyridine rings is 1. The number of alkyl halides is 5. The van der Waals surface area contributed by atoms with Crippen molar-refractivity contribution in [2.75, 3.05) is 5.75 Å². The number of aliphatic imine (C=N–C) groups is 1. The number of imidazole rings is 2. The Morgan fingerprint density at radius 2 is 1.77 bits per heavy atom. The normalized spacial score (nSPS) is 14.0. The molecule has 0 aliphatic carbocycles. The fourth-order valence-electron chi connectivity index (χ4n) is 3.75. The van der Waals surface area contributed by atoms with Gasteiger partial charge in [0.15, 0.2) is 11.5 Å². The van der Waals surface area contributed by atoms with Gasteiger partial charge in [-0.05, 0) is 30.3 Å². The Morgan fingerprint density at radius 1 is 1.10 bits per heavy atom. The minimum absolute atomic E-state index is 0.0135. The van der Waals surface area contributed by atoms with Crippen molar-refractivity contribution < 1.29 is 30.6 Å². The molecule has 0 spiro atoms. The highest BCUT2D eigenvalue weighted by atomic mass is 32.2. The number of nitrogens with two attached hydrogens (primary N) is 1. The summed E-state index contributed by atoms with van der Waals surface area (Å²) in [4.78, 5) is 16.8. The van der Waals surface area contributed by atoms with Crippen molar-refractivity contribution in [3.05, 3.63) is 59.9 Å². The largest absolute Gasteiger partial charge is 0.458 e. The lowest BCUT2D eigenvalue weighted by molar-refractivity contribution is -0.289. The fraction of sp³-hybridized carbons (Fsp3) is 0.250. The van der Waals surface area contributed by atoms with Gasteiger partial charge in [-0.1, -0.05) is 6.92 Å². The monoisotopic (exact) mass is 569 g/mol. The maximum atomic E-state index is 13.9. The van der Waals surface area contributed by atoms with Gasteiger partial charge in [-0.3, -0.25) is 9.20 Å². The summed E-state index contributed by atoms with van der Waals surface area (Å²) < 4.78 is 95.7. The van der Waals surface area contributed by atoms with Gasteiger partial charge in [-0.25, -0.2) is 19.3 Å². The summed E-state index contributed by atoms with van der Waals surface area (Å²) >= 11 is 0. The minimum atomic E-state index is -5.82. The van der Waals surface area contributed by atoms with Crippen LogP contribution in [0.5, 0.6) is 0 Å². The van der Waals surface area contributed by atoms with E-state index < -0.39 is 34.3 Å². The molecule has 0 aliphatic heterocycles. The molecule has 1 aromatic carbocycles. The first-order valence-corrected chi connectivity index (χ1v) is 12.6. The Kier molecular flexibility index (Phi) is 7.38. The summed E-state index contributed by atoms with van der Waals surface area (Å²) in [5.41, 5.74) is 5.04. The van der Waals surface area contributed by atoms with E-state index in [2.05, 4.69) is 19.9 Å². The Bertz CT molecular complexity index is 1620. The van der Waals surface area contributed by atoms with E-state index in [9.17, 15) is 30.6 Å². The zero-order valence-electron chi connectivity index (χ0n) is 20.7. The number of benzene rings is 1. The SMILES string of the molecule is CCS(=O)c1c(-c2nc3cc(C(F)(F)C(F)(F)F)cnc3n2C)nc(C(C=Nc2ccc(F)cc2)=CN)n1C. The molecule has 206 valence electrons. The predicted octanol–water partition coefficient (Wildman–Crippen LogP) is 4.99. The molecule has 1 unspecified atom stereocenters. The molecular weight excluding hydrogens is 548 g/mol. The first kappa shape index (κ1) is 28.0. The number of aryl methyl sites for hydroxylation is 1. The highest BCUT2D eigenvalue weighted by Gasteiger charge is 2.59. The highest BCUT2D eigenvalue weighted by molar-refractivity contribution is 7.85. The highest BCUT2D eigenvalue weighted by Crippen LogP contribution is 2.44. The predicted molar refractivity (Wildman–Crippen MR) is 134 cm³/mol. The van der Waals surface area contributed by atoms with Crippen molar-refractivity contribution in [3.8, 4) is 11.5 Å². The molecule has 3 heterocycles. The third kappa shape index (κ3) is 5.05. The van der Waals surface area contributed by atoms with Crippen molar-refractivity contribution in [2.45, 2.75) is 24.0 Å². The fourth-order valence-corrected chi connectivity index (χ4v) is 4.77. The molecule has 4 rings (SSSR count). The number of hydrogen-bond acceptors (Lipinski definition) is 6. The van der Waals surface area contributed by atoms with Crippen LogP contribution in [0, 0.1) is 5.82 Å². The van der Waals surface area contributed by atoms with E-state index >= 15 is 0 Å². The Morgan fingerprint density at radius 3 is 2.36 bits per heavy atom. The quantitative estimate of drug-likeness (QED) is 0.250. The summed E-state index contributed by atoms with van der Waals surface area (Å²) in [7, 11) is 1.44. The maximum absolute atomic E-state index is 13.9. The molecule has 0 fully saturated rings. The van der Waals surface area contributed by atoms with Crippen LogP contribution in [0.15, 0.2) is 52.7 Å². The second kappa shape index (κ2) is 10.3. The van der Waals surface area contributed by atoms with E-state index in [-0.39, 0.29) is 39.3 Å². The van der Waals surface area contributed by atoms with Gasteiger partial charge >= 0.3 is 12.1 Å². The molecule has 2 N–H and O–H groups in total. The zero-order valence-corrected chi connectivity index (χ0v) is 21.5. The van der Waals surface area contributed by atoms with Gasteiger partial charge in [0.05, 0.1) is 27.6 Å². The van der Waals surface area contributed by atoms with Gasteiger partial charge in [0.2, 0.25) is 0 Å². The van der Waals surface area contributed by atoms with Crippen LogP contribution in [0.4, 0.5) is 32.0 Å². The average molecular weight is 570 g/mol. The molecule has 0 bridgehead atoms. The number of halogens is 6. The van der Waals surface area contributed by atoms with Crippen LogP contribution in [0.1, 0.15) is 18.3 Å². The molecule has 1 atom stereocenters. The maximum Gasteiger partial charge on any atom is 0.458 e. The van der Waals surface area contributed by atoms with Gasteiger partial charge in [0.1, 0.15) is 27.9 Å². The van der Waals surface area contributed by atoms with E-state index in [1.54, 1.807) is 14.0 Å². The molecule has 4 aromatic rings. The van der Waals surface area contributed by atoms with Gasteiger partial charge in [-0.2, -0.15) is 22.0 Å². The van der Waals surface area contributed by atoms with E-state index in [0.29, 0.717) is 23.5 Å². The second-order valence-corrected chi connectivity index (χ2v) is 9.93. The zero-order chi connectivity index (χ0) is 28.7. The van der Waals surface area contributed by atoms with E-state index in [1.807, 2.05) is 0 Å². The van der Waals surface area contributed by atoms with E-state index in [4.69, 9.17) is 5.73 Å². The van der Waals surface area contributed by atoms with Crippen molar-refractivity contribution in [2.24, 2.45) is 24.8 Å². The number of fused-ring (bicyclic) bond motifs is 1. The van der Waals surface area contributed by atoms with Crippen molar-refractivity contribution in [1.82, 2.24) is 24.1 Å². The van der Waals surface area contributed by atoms with Crippen LogP contribution >= 0.6 is 0 Å². The topological polar surface area (TPSA) is 104 Å². The summed E-state index contributed by atoms with van der Waals surface area (Å²) in [6, 6.07) is 5.97. The number of aromatic nitrogens is 5. The number of allylic oxidation sites excluding steroid dienone is 1. The minimum Gasteiger partial charge on any atom is -0.404 e. The van der Waals surface area contributed by atoms with Crippen LogP contribution in [-0.2, 0) is 30.8 Å². The van der Waals surface area contributed by atoms with E-state index in [0.717, 1.165) is 0 Å². The lowest BCUT2D eigenvalue weighted by Crippen LogP contribution is -2.33. The van der Waals surface area contributed by atoms with Gasteiger partial charge in [-0.15, -0.1) is 0 Å². The number of rotatable bonds is 7. The van der Waals surface area contributed by atoms with Crippen LogP contribution in [0.25, 0.3) is 28.3 Å². The molecular formula is C24H21F6N7OS. The number of nitrogens with zero attached hydrogens (tertiary/aromatic N) is 6. The summed E-state index contributed by atoms with van der Waals surface area (Å²) in [6.45, 7) is 1.67. The summed E-state index contributed by atoms with van der Waals surface area (Å²) in [6.07, 6.45) is -2.79. The molecule has 0 radical (unpaired) electrons. The Hall–Kier alpha value is -4.01. The van der Waals surface area contributed by atoms with Gasteiger partial charge in [0.25, 0.3) is 0 Å². The van der Waals surface area contributed by atoms with Gasteiger partial charge < -0.3 is 14.9 Å². The third-order valence-corrected chi connectivity index (χ3v) is 7.20.